The van der Waals surface area contributed by atoms with Gasteiger partial charge in [0.15, 0.2) is 0 Å². The van der Waals surface area contributed by atoms with Crippen molar-refractivity contribution in [3.63, 3.8) is 0 Å². The molecule has 0 aliphatic carbocycles. The average molecular weight is 405 g/mol. The summed E-state index contributed by atoms with van der Waals surface area (Å²) in [4.78, 5) is 24.5. The van der Waals surface area contributed by atoms with Crippen LogP contribution in [0.15, 0.2) is 79.0 Å². The van der Waals surface area contributed by atoms with Crippen molar-refractivity contribution in [2.75, 3.05) is 6.61 Å². The van der Waals surface area contributed by atoms with Gasteiger partial charge in [-0.2, -0.15) is 0 Å². The van der Waals surface area contributed by atoms with Crippen molar-refractivity contribution in [1.82, 2.24) is 15.2 Å². The lowest BCUT2D eigenvalue weighted by Gasteiger charge is -2.19. The van der Waals surface area contributed by atoms with Crippen molar-refractivity contribution < 1.29 is 14.3 Å². The van der Waals surface area contributed by atoms with Gasteiger partial charge < -0.3 is 19.9 Å². The van der Waals surface area contributed by atoms with Gasteiger partial charge in [0.25, 0.3) is 0 Å². The van der Waals surface area contributed by atoms with E-state index in [9.17, 15) is 9.59 Å². The summed E-state index contributed by atoms with van der Waals surface area (Å²) >= 11 is 0. The first kappa shape index (κ1) is 21.2. The van der Waals surface area contributed by atoms with Crippen LogP contribution < -0.4 is 10.6 Å². The summed E-state index contributed by atoms with van der Waals surface area (Å²) in [5, 5.41) is 5.79. The normalized spacial score (nSPS) is 11.5. The van der Waals surface area contributed by atoms with E-state index in [1.165, 1.54) is 5.56 Å². The molecule has 1 heterocycles. The first-order valence-electron chi connectivity index (χ1n) is 10.1. The number of esters is 1. The van der Waals surface area contributed by atoms with Gasteiger partial charge in [-0.1, -0.05) is 60.7 Å². The highest BCUT2D eigenvalue weighted by molar-refractivity contribution is 5.76. The van der Waals surface area contributed by atoms with E-state index in [2.05, 4.69) is 27.3 Å². The molecule has 0 radical (unpaired) electrons. The van der Waals surface area contributed by atoms with Gasteiger partial charge >= 0.3 is 12.0 Å². The van der Waals surface area contributed by atoms with E-state index in [-0.39, 0.29) is 18.4 Å². The molecule has 0 saturated heterocycles. The van der Waals surface area contributed by atoms with E-state index < -0.39 is 6.04 Å². The molecule has 3 rings (SSSR count). The second kappa shape index (κ2) is 10.9. The molecular weight excluding hydrogens is 378 g/mol. The number of rotatable bonds is 9. The lowest BCUT2D eigenvalue weighted by atomic mass is 10.0. The van der Waals surface area contributed by atoms with E-state index in [0.29, 0.717) is 13.2 Å². The molecule has 0 aliphatic heterocycles. The minimum absolute atomic E-state index is 0.0790. The van der Waals surface area contributed by atoms with Crippen LogP contribution in [-0.4, -0.2) is 23.2 Å². The zero-order valence-corrected chi connectivity index (χ0v) is 17.1. The van der Waals surface area contributed by atoms with Gasteiger partial charge in [-0.15, -0.1) is 0 Å². The Balaban J connectivity index is 1.59. The fourth-order valence-corrected chi connectivity index (χ4v) is 3.25. The smallest absolute Gasteiger partial charge is 0.315 e. The van der Waals surface area contributed by atoms with E-state index in [4.69, 9.17) is 4.74 Å². The third-order valence-electron chi connectivity index (χ3n) is 4.73. The largest absolute Gasteiger partial charge is 0.466 e. The predicted octanol–water partition coefficient (Wildman–Crippen LogP) is 4.03. The zero-order valence-electron chi connectivity index (χ0n) is 17.1. The highest BCUT2D eigenvalue weighted by atomic mass is 16.5. The lowest BCUT2D eigenvalue weighted by Crippen LogP contribution is -2.38. The summed E-state index contributed by atoms with van der Waals surface area (Å²) in [7, 11) is 0. The Bertz CT molecular complexity index is 939. The van der Waals surface area contributed by atoms with Gasteiger partial charge in [-0.25, -0.2) is 4.79 Å². The Morgan fingerprint density at radius 3 is 2.37 bits per heavy atom. The maximum atomic E-state index is 12.5. The van der Waals surface area contributed by atoms with Crippen molar-refractivity contribution in [2.24, 2.45) is 0 Å². The monoisotopic (exact) mass is 405 g/mol. The van der Waals surface area contributed by atoms with Crippen LogP contribution in [0.1, 0.15) is 36.2 Å². The molecule has 6 heteroatoms. The van der Waals surface area contributed by atoms with Crippen LogP contribution in [0.25, 0.3) is 0 Å². The van der Waals surface area contributed by atoms with Crippen molar-refractivity contribution in [3.8, 4) is 0 Å². The molecule has 156 valence electrons. The number of urea groups is 1. The SMILES string of the molecule is CCOC(=O)C[C@H](NC(=O)NCc1cccn1Cc1ccccc1)c1ccccc1. The summed E-state index contributed by atoms with van der Waals surface area (Å²) in [5.41, 5.74) is 3.04. The van der Waals surface area contributed by atoms with Crippen molar-refractivity contribution in [2.45, 2.75) is 32.5 Å². The molecule has 3 aromatic rings. The molecule has 0 spiro atoms. The van der Waals surface area contributed by atoms with Crippen LogP contribution in [0.5, 0.6) is 0 Å². The summed E-state index contributed by atoms with van der Waals surface area (Å²) in [6, 6.07) is 22.7. The van der Waals surface area contributed by atoms with Crippen LogP contribution in [0, 0.1) is 0 Å². The number of hydrogen-bond donors (Lipinski definition) is 2. The van der Waals surface area contributed by atoms with Crippen LogP contribution in [0.2, 0.25) is 0 Å². The summed E-state index contributed by atoms with van der Waals surface area (Å²) in [5.74, 6) is -0.344. The van der Waals surface area contributed by atoms with Gasteiger partial charge in [0, 0.05) is 18.4 Å². The van der Waals surface area contributed by atoms with Crippen molar-refractivity contribution >= 4 is 12.0 Å². The molecule has 1 aromatic heterocycles. The van der Waals surface area contributed by atoms with Crippen molar-refractivity contribution in [1.29, 1.82) is 0 Å². The highest BCUT2D eigenvalue weighted by Gasteiger charge is 2.19. The van der Waals surface area contributed by atoms with Gasteiger partial charge in [-0.3, -0.25) is 4.79 Å². The molecule has 6 nitrogen and oxygen atoms in total. The van der Waals surface area contributed by atoms with Crippen LogP contribution in [0.4, 0.5) is 4.79 Å². The van der Waals surface area contributed by atoms with E-state index in [1.807, 2.05) is 66.9 Å². The molecule has 0 aliphatic rings. The first-order valence-corrected chi connectivity index (χ1v) is 10.1. The fourth-order valence-electron chi connectivity index (χ4n) is 3.25. The second-order valence-corrected chi connectivity index (χ2v) is 6.91. The Morgan fingerprint density at radius 1 is 0.967 bits per heavy atom. The minimum atomic E-state index is -0.457. The third kappa shape index (κ3) is 6.24. The Labute approximate surface area is 176 Å². The molecule has 2 amide bonds. The second-order valence-electron chi connectivity index (χ2n) is 6.91. The Hall–Kier alpha value is -3.54. The number of carbonyl (C=O) groups excluding carboxylic acids is 2. The molecule has 0 saturated carbocycles. The fraction of sp³-hybridized carbons (Fsp3) is 0.250. The number of nitrogens with zero attached hydrogens (tertiary/aromatic N) is 1. The highest BCUT2D eigenvalue weighted by Crippen LogP contribution is 2.17. The van der Waals surface area contributed by atoms with Gasteiger partial charge in [0.2, 0.25) is 0 Å². The molecule has 1 atom stereocenters. The Kier molecular flexibility index (Phi) is 7.66. The van der Waals surface area contributed by atoms with E-state index in [0.717, 1.165) is 17.8 Å². The summed E-state index contributed by atoms with van der Waals surface area (Å²) < 4.78 is 7.15. The Morgan fingerprint density at radius 2 is 1.67 bits per heavy atom. The first-order chi connectivity index (χ1) is 14.7. The molecule has 2 aromatic carbocycles. The van der Waals surface area contributed by atoms with Crippen LogP contribution in [-0.2, 0) is 22.6 Å². The van der Waals surface area contributed by atoms with E-state index >= 15 is 0 Å². The average Bonchev–Trinajstić information content (AvgIpc) is 3.20. The number of carbonyl (C=O) groups is 2. The van der Waals surface area contributed by atoms with Crippen LogP contribution in [0.3, 0.4) is 0 Å². The minimum Gasteiger partial charge on any atom is -0.466 e. The predicted molar refractivity (Wildman–Crippen MR) is 116 cm³/mol. The third-order valence-corrected chi connectivity index (χ3v) is 4.73. The van der Waals surface area contributed by atoms with Gasteiger partial charge in [0.1, 0.15) is 0 Å². The lowest BCUT2D eigenvalue weighted by molar-refractivity contribution is -0.143. The number of aromatic nitrogens is 1. The number of nitrogens with one attached hydrogen (secondary N) is 2. The maximum absolute atomic E-state index is 12.5. The number of amides is 2. The molecular formula is C24H27N3O3. The molecule has 0 unspecified atom stereocenters. The van der Waals surface area contributed by atoms with E-state index in [1.54, 1.807) is 6.92 Å². The van der Waals surface area contributed by atoms with Gasteiger partial charge in [0.05, 0.1) is 25.6 Å². The number of ether oxygens (including phenoxy) is 1. The topological polar surface area (TPSA) is 72.4 Å². The van der Waals surface area contributed by atoms with Crippen molar-refractivity contribution in [3.05, 3.63) is 95.8 Å². The zero-order chi connectivity index (χ0) is 21.2. The standard InChI is InChI=1S/C24H27N3O3/c1-2-30-23(28)16-22(20-12-7-4-8-13-20)26-24(29)25-17-21-14-9-15-27(21)18-19-10-5-3-6-11-19/h3-15,22H,2,16-18H2,1H3,(H2,25,26,29)/t22-/m0/s1. The summed E-state index contributed by atoms with van der Waals surface area (Å²) in [6.45, 7) is 3.19. The number of benzene rings is 2. The number of hydrogen-bond acceptors (Lipinski definition) is 3. The molecule has 30 heavy (non-hydrogen) atoms. The summed E-state index contributed by atoms with van der Waals surface area (Å²) in [6.07, 6.45) is 2.07. The maximum Gasteiger partial charge on any atom is 0.315 e. The molecule has 2 N–H and O–H groups in total. The van der Waals surface area contributed by atoms with Crippen LogP contribution >= 0.6 is 0 Å². The van der Waals surface area contributed by atoms with Gasteiger partial charge in [-0.05, 0) is 30.2 Å². The quantitative estimate of drug-likeness (QED) is 0.528. The molecule has 0 bridgehead atoms. The molecule has 0 fully saturated rings.